The average Bonchev–Trinajstić information content (AvgIpc) is 3.10. The summed E-state index contributed by atoms with van der Waals surface area (Å²) in [6.07, 6.45) is 12.7. The molecular weight excluding hydrogens is 531 g/mol. The smallest absolute Gasteiger partial charge is 0.306 e. The van der Waals surface area contributed by atoms with Crippen molar-refractivity contribution in [1.82, 2.24) is 4.98 Å². The summed E-state index contributed by atoms with van der Waals surface area (Å²) in [7, 11) is -1.21. The molecule has 0 bridgehead atoms. The van der Waals surface area contributed by atoms with Gasteiger partial charge in [-0.2, -0.15) is 0 Å². The molecule has 0 N–H and O–H groups in total. The first-order valence-electron chi connectivity index (χ1n) is 13.4. The Balaban J connectivity index is 1.85. The third kappa shape index (κ3) is 9.46. The Morgan fingerprint density at radius 3 is 2.59 bits per heavy atom. The fraction of sp³-hybridized carbons (Fsp3) is 0.452. The maximum atomic E-state index is 13.7. The normalized spacial score (nSPS) is 15.2. The van der Waals surface area contributed by atoms with Crippen molar-refractivity contribution in [2.24, 2.45) is 10.9 Å². The van der Waals surface area contributed by atoms with Crippen LogP contribution < -0.4 is 0 Å². The van der Waals surface area contributed by atoms with Crippen LogP contribution in [0.5, 0.6) is 0 Å². The number of carbonyl (C=O) groups is 1. The third-order valence-electron chi connectivity index (χ3n) is 6.20. The van der Waals surface area contributed by atoms with Crippen LogP contribution in [0.15, 0.2) is 64.7 Å². The van der Waals surface area contributed by atoms with Crippen molar-refractivity contribution in [3.8, 4) is 11.3 Å². The lowest BCUT2D eigenvalue weighted by Crippen LogP contribution is -2.23. The monoisotopic (exact) mass is 570 g/mol. The van der Waals surface area contributed by atoms with E-state index >= 15 is 0 Å². The summed E-state index contributed by atoms with van der Waals surface area (Å²) in [5.41, 5.74) is 2.83. The zero-order chi connectivity index (χ0) is 28.6. The number of aliphatic imine (C=N–C) groups is 1. The number of carbonyl (C=O) groups excluding carboxylic acids is 1. The molecule has 210 valence electrons. The molecule has 5 nitrogen and oxygen atoms in total. The second-order valence-corrected chi connectivity index (χ2v) is 13.1. The highest BCUT2D eigenvalue weighted by atomic mass is 32.2. The van der Waals surface area contributed by atoms with Gasteiger partial charge in [0.15, 0.2) is 0 Å². The molecule has 2 unspecified atom stereocenters. The van der Waals surface area contributed by atoms with E-state index in [1.165, 1.54) is 23.5 Å². The minimum Gasteiger partial charge on any atom is -0.460 e. The van der Waals surface area contributed by atoms with Crippen molar-refractivity contribution in [1.29, 1.82) is 0 Å². The molecule has 0 amide bonds. The molecular formula is C31H39FN2O3S2. The third-order valence-corrected chi connectivity index (χ3v) is 8.12. The summed E-state index contributed by atoms with van der Waals surface area (Å²) in [4.78, 5) is 22.7. The number of aromatic nitrogens is 1. The van der Waals surface area contributed by atoms with Gasteiger partial charge in [0.1, 0.15) is 16.4 Å². The summed E-state index contributed by atoms with van der Waals surface area (Å²) in [6.45, 7) is 12.2. The van der Waals surface area contributed by atoms with Crippen LogP contribution in [0, 0.1) is 11.7 Å². The van der Waals surface area contributed by atoms with Gasteiger partial charge in [0.05, 0.1) is 32.1 Å². The lowest BCUT2D eigenvalue weighted by atomic mass is 9.88. The van der Waals surface area contributed by atoms with E-state index in [2.05, 4.69) is 13.5 Å². The molecule has 1 aromatic carbocycles. The van der Waals surface area contributed by atoms with Gasteiger partial charge in [-0.15, -0.1) is 11.3 Å². The second kappa shape index (κ2) is 14.1. The van der Waals surface area contributed by atoms with E-state index in [0.717, 1.165) is 52.4 Å². The van der Waals surface area contributed by atoms with Gasteiger partial charge in [0, 0.05) is 24.7 Å². The first-order valence-corrected chi connectivity index (χ1v) is 15.8. The Morgan fingerprint density at radius 1 is 1.23 bits per heavy atom. The standard InChI is InChI=1S/C31H39FN2O3S2/c1-7-11-22(12-10-15-28(35)37-31(3,4)5)21(2)20-26-34-29(23-16-18-24(32)19-17-23)30(38-26)25-13-8-9-14-27(33-25)39(6)36/h8,13-14,16-19,22H,2,7,9-12,15,20H2,1,3-6H3. The number of nitrogens with zero attached hydrogens (tertiary/aromatic N) is 2. The van der Waals surface area contributed by atoms with Crippen molar-refractivity contribution in [3.05, 3.63) is 75.4 Å². The topological polar surface area (TPSA) is 68.6 Å². The van der Waals surface area contributed by atoms with Crippen molar-refractivity contribution >= 4 is 33.8 Å². The number of rotatable bonds is 12. The van der Waals surface area contributed by atoms with Crippen LogP contribution in [0.4, 0.5) is 4.39 Å². The van der Waals surface area contributed by atoms with E-state index < -0.39 is 16.4 Å². The minimum absolute atomic E-state index is 0.171. The molecule has 3 rings (SSSR count). The minimum atomic E-state index is -1.21. The Hall–Kier alpha value is -2.71. The zero-order valence-electron chi connectivity index (χ0n) is 23.6. The van der Waals surface area contributed by atoms with Gasteiger partial charge in [0.2, 0.25) is 0 Å². The van der Waals surface area contributed by atoms with Gasteiger partial charge in [-0.25, -0.2) is 14.4 Å². The van der Waals surface area contributed by atoms with Crippen LogP contribution in [0.3, 0.4) is 0 Å². The maximum Gasteiger partial charge on any atom is 0.306 e. The SMILES string of the molecule is C=C(Cc1nc(-c2ccc(F)cc2)c(C2=NC(S(C)=O)=CCC=C2)s1)C(CCC)CCCC(=O)OC(C)(C)C. The summed E-state index contributed by atoms with van der Waals surface area (Å²) in [5, 5.41) is 1.43. The number of hydrogen-bond acceptors (Lipinski definition) is 6. The highest BCUT2D eigenvalue weighted by molar-refractivity contribution is 7.88. The summed E-state index contributed by atoms with van der Waals surface area (Å²) in [6, 6.07) is 6.30. The molecule has 0 radical (unpaired) electrons. The number of allylic oxidation sites excluding steroid dienone is 4. The largest absolute Gasteiger partial charge is 0.460 e. The van der Waals surface area contributed by atoms with Crippen LogP contribution in [-0.2, 0) is 26.8 Å². The summed E-state index contributed by atoms with van der Waals surface area (Å²) >= 11 is 1.54. The van der Waals surface area contributed by atoms with E-state index in [0.29, 0.717) is 30.0 Å². The number of hydrogen-bond donors (Lipinski definition) is 0. The fourth-order valence-electron chi connectivity index (χ4n) is 4.40. The molecule has 2 atom stereocenters. The van der Waals surface area contributed by atoms with E-state index in [1.807, 2.05) is 39.0 Å². The Morgan fingerprint density at radius 2 is 1.95 bits per heavy atom. The molecule has 0 saturated heterocycles. The van der Waals surface area contributed by atoms with Crippen LogP contribution in [-0.4, -0.2) is 32.7 Å². The van der Waals surface area contributed by atoms with Gasteiger partial charge in [-0.05, 0) is 88.8 Å². The molecule has 8 heteroatoms. The molecule has 0 saturated carbocycles. The van der Waals surface area contributed by atoms with Gasteiger partial charge in [0.25, 0.3) is 0 Å². The quantitative estimate of drug-likeness (QED) is 0.192. The molecule has 2 heterocycles. The molecule has 0 aliphatic carbocycles. The molecule has 39 heavy (non-hydrogen) atoms. The van der Waals surface area contributed by atoms with Gasteiger partial charge < -0.3 is 4.74 Å². The Kier molecular flexibility index (Phi) is 11.1. The van der Waals surface area contributed by atoms with E-state index in [-0.39, 0.29) is 17.7 Å². The molecule has 2 aromatic rings. The Labute approximate surface area is 238 Å². The van der Waals surface area contributed by atoms with Crippen LogP contribution in [0.2, 0.25) is 0 Å². The van der Waals surface area contributed by atoms with Crippen molar-refractivity contribution in [2.75, 3.05) is 6.26 Å². The predicted octanol–water partition coefficient (Wildman–Crippen LogP) is 7.95. The van der Waals surface area contributed by atoms with Gasteiger partial charge >= 0.3 is 5.97 Å². The number of benzene rings is 1. The van der Waals surface area contributed by atoms with Crippen molar-refractivity contribution < 1.29 is 18.1 Å². The number of thiazole rings is 1. The number of esters is 1. The van der Waals surface area contributed by atoms with Crippen LogP contribution in [0.1, 0.15) is 76.1 Å². The van der Waals surface area contributed by atoms with E-state index in [4.69, 9.17) is 14.7 Å². The highest BCUT2D eigenvalue weighted by Gasteiger charge is 2.22. The molecule has 1 aliphatic heterocycles. The fourth-order valence-corrected chi connectivity index (χ4v) is 6.07. The molecule has 0 spiro atoms. The predicted molar refractivity (Wildman–Crippen MR) is 161 cm³/mol. The lowest BCUT2D eigenvalue weighted by molar-refractivity contribution is -0.154. The van der Waals surface area contributed by atoms with Gasteiger partial charge in [-0.3, -0.25) is 9.00 Å². The second-order valence-electron chi connectivity index (χ2n) is 10.7. The zero-order valence-corrected chi connectivity index (χ0v) is 25.2. The van der Waals surface area contributed by atoms with Crippen LogP contribution >= 0.6 is 11.3 Å². The summed E-state index contributed by atoms with van der Waals surface area (Å²) < 4.78 is 31.4. The first kappa shape index (κ1) is 30.8. The van der Waals surface area contributed by atoms with Gasteiger partial charge in [-0.1, -0.05) is 31.6 Å². The molecule has 1 aliphatic rings. The maximum absolute atomic E-state index is 13.7. The number of halogens is 1. The number of ether oxygens (including phenoxy) is 1. The first-order chi connectivity index (χ1) is 18.5. The molecule has 0 fully saturated rings. The average molecular weight is 571 g/mol. The van der Waals surface area contributed by atoms with Crippen molar-refractivity contribution in [2.45, 2.75) is 78.2 Å². The van der Waals surface area contributed by atoms with Crippen LogP contribution in [0.25, 0.3) is 11.3 Å². The molecule has 1 aromatic heterocycles. The lowest BCUT2D eigenvalue weighted by Gasteiger charge is -2.21. The Bertz CT molecular complexity index is 1280. The van der Waals surface area contributed by atoms with E-state index in [1.54, 1.807) is 18.4 Å². The van der Waals surface area contributed by atoms with E-state index in [9.17, 15) is 13.4 Å². The van der Waals surface area contributed by atoms with Crippen molar-refractivity contribution in [3.63, 3.8) is 0 Å². The highest BCUT2D eigenvalue weighted by Crippen LogP contribution is 2.34. The summed E-state index contributed by atoms with van der Waals surface area (Å²) in [5.74, 6) is -0.210.